The maximum Gasteiger partial charge on any atom is 0.00385 e. The van der Waals surface area contributed by atoms with Crippen molar-refractivity contribution in [3.05, 3.63) is 0 Å². The minimum atomic E-state index is 0.643. The van der Waals surface area contributed by atoms with Crippen LogP contribution in [0.2, 0.25) is 0 Å². The lowest BCUT2D eigenvalue weighted by molar-refractivity contribution is 0.144. The Kier molecular flexibility index (Phi) is 7.14. The monoisotopic (exact) mass is 240 g/mol. The molecule has 0 spiro atoms. The van der Waals surface area contributed by atoms with Gasteiger partial charge in [0.05, 0.1) is 0 Å². The summed E-state index contributed by atoms with van der Waals surface area (Å²) >= 11 is 0. The van der Waals surface area contributed by atoms with E-state index in [9.17, 15) is 0 Å². The molecule has 17 heavy (non-hydrogen) atoms. The van der Waals surface area contributed by atoms with Gasteiger partial charge in [-0.15, -0.1) is 0 Å². The highest BCUT2D eigenvalue weighted by atomic mass is 15.1. The van der Waals surface area contributed by atoms with E-state index in [1.807, 2.05) is 0 Å². The van der Waals surface area contributed by atoms with Crippen LogP contribution in [0.1, 0.15) is 59.8 Å². The second kappa shape index (κ2) is 8.10. The van der Waals surface area contributed by atoms with Gasteiger partial charge in [-0.1, -0.05) is 26.7 Å². The van der Waals surface area contributed by atoms with Crippen molar-refractivity contribution in [1.29, 1.82) is 0 Å². The molecule has 2 heteroatoms. The molecule has 0 bridgehead atoms. The Bertz CT molecular complexity index is 181. The Labute approximate surface area is 108 Å². The van der Waals surface area contributed by atoms with Crippen molar-refractivity contribution in [3.8, 4) is 0 Å². The first-order chi connectivity index (χ1) is 8.09. The molecule has 0 amide bonds. The van der Waals surface area contributed by atoms with E-state index in [2.05, 4.69) is 37.9 Å². The van der Waals surface area contributed by atoms with Gasteiger partial charge in [-0.3, -0.25) is 0 Å². The molecule has 2 nitrogen and oxygen atoms in total. The van der Waals surface area contributed by atoms with Gasteiger partial charge >= 0.3 is 0 Å². The number of rotatable bonds is 7. The molecule has 1 saturated heterocycles. The molecule has 1 heterocycles. The minimum Gasteiger partial charge on any atom is -0.315 e. The third kappa shape index (κ3) is 6.42. The molecule has 0 aromatic rings. The second-order valence-electron chi connectivity index (χ2n) is 6.18. The predicted octanol–water partition coefficient (Wildman–Crippen LogP) is 3.28. The lowest BCUT2D eigenvalue weighted by Crippen LogP contribution is -2.38. The molecule has 0 unspecified atom stereocenters. The van der Waals surface area contributed by atoms with E-state index in [4.69, 9.17) is 0 Å². The summed E-state index contributed by atoms with van der Waals surface area (Å²) in [5.74, 6) is 1.00. The summed E-state index contributed by atoms with van der Waals surface area (Å²) in [5, 5.41) is 3.50. The van der Waals surface area contributed by atoms with E-state index in [0.717, 1.165) is 12.0 Å². The Morgan fingerprint density at radius 3 is 2.24 bits per heavy atom. The largest absolute Gasteiger partial charge is 0.315 e. The van der Waals surface area contributed by atoms with E-state index >= 15 is 0 Å². The van der Waals surface area contributed by atoms with Crippen molar-refractivity contribution >= 4 is 0 Å². The Balaban J connectivity index is 1.99. The van der Waals surface area contributed by atoms with Crippen LogP contribution in [0.4, 0.5) is 0 Å². The van der Waals surface area contributed by atoms with E-state index in [1.165, 1.54) is 51.7 Å². The first kappa shape index (κ1) is 15.0. The maximum atomic E-state index is 3.50. The number of piperidine rings is 1. The van der Waals surface area contributed by atoms with Crippen LogP contribution in [-0.4, -0.2) is 36.6 Å². The van der Waals surface area contributed by atoms with E-state index in [0.29, 0.717) is 6.04 Å². The Morgan fingerprint density at radius 2 is 1.71 bits per heavy atom. The number of likely N-dealkylation sites (tertiary alicyclic amines) is 1. The van der Waals surface area contributed by atoms with E-state index in [1.54, 1.807) is 0 Å². The number of hydrogen-bond acceptors (Lipinski definition) is 2. The van der Waals surface area contributed by atoms with Gasteiger partial charge < -0.3 is 10.2 Å². The van der Waals surface area contributed by atoms with Crippen molar-refractivity contribution in [1.82, 2.24) is 10.2 Å². The molecule has 1 aliphatic heterocycles. The maximum absolute atomic E-state index is 3.50. The van der Waals surface area contributed by atoms with Gasteiger partial charge in [0.25, 0.3) is 0 Å². The fraction of sp³-hybridized carbons (Fsp3) is 1.00. The molecule has 1 fully saturated rings. The smallest absolute Gasteiger partial charge is 0.00385 e. The van der Waals surface area contributed by atoms with Crippen LogP contribution in [0.3, 0.4) is 0 Å². The summed E-state index contributed by atoms with van der Waals surface area (Å²) in [6.45, 7) is 12.9. The van der Waals surface area contributed by atoms with Gasteiger partial charge in [0.15, 0.2) is 0 Å². The first-order valence-corrected chi connectivity index (χ1v) is 7.57. The molecule has 0 saturated carbocycles. The van der Waals surface area contributed by atoms with Crippen LogP contribution < -0.4 is 5.32 Å². The van der Waals surface area contributed by atoms with Crippen molar-refractivity contribution in [2.75, 3.05) is 19.6 Å². The summed E-state index contributed by atoms with van der Waals surface area (Å²) in [5.41, 5.74) is 0. The molecule has 0 aliphatic carbocycles. The van der Waals surface area contributed by atoms with Crippen LogP contribution in [-0.2, 0) is 0 Å². The molecular formula is C15H32N2. The normalized spacial score (nSPS) is 19.4. The topological polar surface area (TPSA) is 15.3 Å². The zero-order chi connectivity index (χ0) is 12.7. The van der Waals surface area contributed by atoms with Gasteiger partial charge in [0, 0.05) is 12.1 Å². The molecule has 102 valence electrons. The zero-order valence-electron chi connectivity index (χ0n) is 12.3. The lowest BCUT2D eigenvalue weighted by Gasteiger charge is -2.34. The zero-order valence-corrected chi connectivity index (χ0v) is 12.3. The third-order valence-electron chi connectivity index (χ3n) is 3.97. The number of nitrogens with one attached hydrogen (secondary N) is 1. The molecule has 0 atom stereocenters. The molecule has 0 aromatic heterocycles. The van der Waals surface area contributed by atoms with Crippen LogP contribution in [0.25, 0.3) is 0 Å². The fourth-order valence-electron chi connectivity index (χ4n) is 2.71. The molecule has 0 aromatic carbocycles. The first-order valence-electron chi connectivity index (χ1n) is 7.57. The summed E-state index contributed by atoms with van der Waals surface area (Å²) in [7, 11) is 0. The predicted molar refractivity (Wildman–Crippen MR) is 76.4 cm³/mol. The number of hydrogen-bond donors (Lipinski definition) is 1. The Morgan fingerprint density at radius 1 is 1.06 bits per heavy atom. The van der Waals surface area contributed by atoms with Crippen LogP contribution in [0.15, 0.2) is 0 Å². The summed E-state index contributed by atoms with van der Waals surface area (Å²) in [6, 6.07) is 1.38. The van der Waals surface area contributed by atoms with E-state index < -0.39 is 0 Å². The highest BCUT2D eigenvalue weighted by molar-refractivity contribution is 4.74. The quantitative estimate of drug-likeness (QED) is 0.687. The molecular weight excluding hydrogens is 208 g/mol. The van der Waals surface area contributed by atoms with Crippen molar-refractivity contribution in [2.45, 2.75) is 71.9 Å². The minimum absolute atomic E-state index is 0.643. The molecule has 0 radical (unpaired) electrons. The van der Waals surface area contributed by atoms with E-state index in [-0.39, 0.29) is 0 Å². The van der Waals surface area contributed by atoms with Crippen LogP contribution >= 0.6 is 0 Å². The fourth-order valence-corrected chi connectivity index (χ4v) is 2.71. The van der Waals surface area contributed by atoms with Crippen molar-refractivity contribution in [3.63, 3.8) is 0 Å². The molecule has 1 aliphatic rings. The molecule has 1 rings (SSSR count). The lowest BCUT2D eigenvalue weighted by atomic mass is 9.91. The average Bonchev–Trinajstić information content (AvgIpc) is 2.29. The van der Waals surface area contributed by atoms with Gasteiger partial charge in [-0.2, -0.15) is 0 Å². The van der Waals surface area contributed by atoms with Gasteiger partial charge in [0.1, 0.15) is 0 Å². The van der Waals surface area contributed by atoms with Crippen LogP contribution in [0, 0.1) is 5.92 Å². The molecule has 1 N–H and O–H groups in total. The number of nitrogens with zero attached hydrogens (tertiary/aromatic N) is 1. The highest BCUT2D eigenvalue weighted by Crippen LogP contribution is 2.23. The standard InChI is InChI=1S/C15H32N2/c1-13(2)16-10-6-5-7-15-8-11-17(12-9-15)14(3)4/h13-16H,5-12H2,1-4H3. The highest BCUT2D eigenvalue weighted by Gasteiger charge is 2.20. The van der Waals surface area contributed by atoms with Crippen LogP contribution in [0.5, 0.6) is 0 Å². The summed E-state index contributed by atoms with van der Waals surface area (Å²) in [4.78, 5) is 2.62. The third-order valence-corrected chi connectivity index (χ3v) is 3.97. The SMILES string of the molecule is CC(C)NCCCCC1CCN(C(C)C)CC1. The second-order valence-corrected chi connectivity index (χ2v) is 6.18. The van der Waals surface area contributed by atoms with Gasteiger partial charge in [-0.05, 0) is 58.7 Å². The van der Waals surface area contributed by atoms with Gasteiger partial charge in [-0.25, -0.2) is 0 Å². The average molecular weight is 240 g/mol. The van der Waals surface area contributed by atoms with Crippen molar-refractivity contribution < 1.29 is 0 Å². The number of unbranched alkanes of at least 4 members (excludes halogenated alkanes) is 1. The summed E-state index contributed by atoms with van der Waals surface area (Å²) < 4.78 is 0. The van der Waals surface area contributed by atoms with Crippen molar-refractivity contribution in [2.24, 2.45) is 5.92 Å². The summed E-state index contributed by atoms with van der Waals surface area (Å²) in [6.07, 6.45) is 7.06. The Hall–Kier alpha value is -0.0800. The van der Waals surface area contributed by atoms with Gasteiger partial charge in [0.2, 0.25) is 0 Å².